The minimum atomic E-state index is 0.222. The summed E-state index contributed by atoms with van der Waals surface area (Å²) in [5.41, 5.74) is 1.28. The van der Waals surface area contributed by atoms with E-state index in [1.807, 2.05) is 6.07 Å². The van der Waals surface area contributed by atoms with Gasteiger partial charge in [0.05, 0.1) is 12.2 Å². The Morgan fingerprint density at radius 3 is 2.64 bits per heavy atom. The number of hydrogen-bond acceptors (Lipinski definition) is 1. The zero-order valence-corrected chi connectivity index (χ0v) is 9.91. The highest BCUT2D eigenvalue weighted by atomic mass is 79.9. The molecule has 0 radical (unpaired) electrons. The van der Waals surface area contributed by atoms with Gasteiger partial charge in [-0.3, -0.25) is 0 Å². The lowest BCUT2D eigenvalue weighted by molar-refractivity contribution is -0.0356. The zero-order chi connectivity index (χ0) is 9.97. The molecule has 1 nitrogen and oxygen atoms in total. The summed E-state index contributed by atoms with van der Waals surface area (Å²) >= 11 is 3.69. The monoisotopic (exact) mass is 254 g/mol. The van der Waals surface area contributed by atoms with Crippen LogP contribution in [0.15, 0.2) is 30.3 Å². The van der Waals surface area contributed by atoms with Crippen LogP contribution in [0.3, 0.4) is 0 Å². The van der Waals surface area contributed by atoms with Crippen molar-refractivity contribution in [1.82, 2.24) is 0 Å². The summed E-state index contributed by atoms with van der Waals surface area (Å²) in [6.07, 6.45) is 2.95. The maximum absolute atomic E-state index is 5.94. The summed E-state index contributed by atoms with van der Waals surface area (Å²) < 4.78 is 5.94. The highest BCUT2D eigenvalue weighted by Crippen LogP contribution is 2.35. The molecular formula is C12H15BrO. The van der Waals surface area contributed by atoms with Crippen molar-refractivity contribution in [2.24, 2.45) is 0 Å². The van der Waals surface area contributed by atoms with E-state index in [0.717, 1.165) is 6.42 Å². The molecule has 2 heteroatoms. The van der Waals surface area contributed by atoms with E-state index in [1.54, 1.807) is 0 Å². The first kappa shape index (κ1) is 10.2. The molecule has 1 aliphatic rings. The van der Waals surface area contributed by atoms with E-state index in [4.69, 9.17) is 4.74 Å². The van der Waals surface area contributed by atoms with Gasteiger partial charge in [0.25, 0.3) is 0 Å². The second-order valence-corrected chi connectivity index (χ2v) is 5.05. The first-order valence-corrected chi connectivity index (χ1v) is 6.03. The molecule has 0 N–H and O–H groups in total. The fraction of sp³-hybridized carbons (Fsp3) is 0.500. The summed E-state index contributed by atoms with van der Waals surface area (Å²) in [7, 11) is 0. The van der Waals surface area contributed by atoms with Crippen LogP contribution in [0.1, 0.15) is 31.4 Å². The molecule has 76 valence electrons. The molecular weight excluding hydrogens is 240 g/mol. The molecule has 14 heavy (non-hydrogen) atoms. The smallest absolute Gasteiger partial charge is 0.0953 e. The van der Waals surface area contributed by atoms with Gasteiger partial charge in [0, 0.05) is 4.83 Å². The molecule has 0 saturated carbocycles. The fourth-order valence-corrected chi connectivity index (χ4v) is 2.57. The molecule has 3 atom stereocenters. The van der Waals surface area contributed by atoms with Gasteiger partial charge in [-0.15, -0.1) is 0 Å². The normalized spacial score (nSPS) is 32.9. The van der Waals surface area contributed by atoms with Crippen molar-refractivity contribution in [2.45, 2.75) is 36.8 Å². The van der Waals surface area contributed by atoms with Gasteiger partial charge in [-0.25, -0.2) is 0 Å². The van der Waals surface area contributed by atoms with Gasteiger partial charge >= 0.3 is 0 Å². The van der Waals surface area contributed by atoms with Crippen LogP contribution in [0.25, 0.3) is 0 Å². The molecule has 0 unspecified atom stereocenters. The first-order valence-electron chi connectivity index (χ1n) is 5.12. The maximum atomic E-state index is 5.94. The molecule has 0 bridgehead atoms. The Morgan fingerprint density at radius 1 is 1.21 bits per heavy atom. The lowest BCUT2D eigenvalue weighted by atomic mass is 9.99. The van der Waals surface area contributed by atoms with Crippen LogP contribution in [0, 0.1) is 0 Å². The third-order valence-corrected chi connectivity index (χ3v) is 3.62. The Balaban J connectivity index is 2.16. The van der Waals surface area contributed by atoms with Crippen LogP contribution < -0.4 is 0 Å². The number of benzene rings is 1. The second kappa shape index (κ2) is 4.45. The van der Waals surface area contributed by atoms with Gasteiger partial charge in [0.2, 0.25) is 0 Å². The average molecular weight is 255 g/mol. The molecule has 1 fully saturated rings. The van der Waals surface area contributed by atoms with E-state index in [0.29, 0.717) is 10.9 Å². The Hall–Kier alpha value is -0.340. The van der Waals surface area contributed by atoms with Gasteiger partial charge in [0.1, 0.15) is 0 Å². The van der Waals surface area contributed by atoms with Crippen LogP contribution in [0.4, 0.5) is 0 Å². The molecule has 0 aliphatic carbocycles. The van der Waals surface area contributed by atoms with Crippen LogP contribution in [0.5, 0.6) is 0 Å². The van der Waals surface area contributed by atoms with Gasteiger partial charge in [0.15, 0.2) is 0 Å². The Kier molecular flexibility index (Phi) is 3.24. The van der Waals surface area contributed by atoms with Crippen LogP contribution in [0.2, 0.25) is 0 Å². The van der Waals surface area contributed by atoms with Gasteiger partial charge in [-0.2, -0.15) is 0 Å². The lowest BCUT2D eigenvalue weighted by Gasteiger charge is -2.32. The third kappa shape index (κ3) is 2.18. The van der Waals surface area contributed by atoms with E-state index in [2.05, 4.69) is 47.1 Å². The Labute approximate surface area is 93.6 Å². The topological polar surface area (TPSA) is 9.23 Å². The largest absolute Gasteiger partial charge is 0.369 e. The number of alkyl halides is 1. The minimum absolute atomic E-state index is 0.222. The molecule has 1 aromatic carbocycles. The van der Waals surface area contributed by atoms with E-state index in [9.17, 15) is 0 Å². The van der Waals surface area contributed by atoms with Crippen molar-refractivity contribution >= 4 is 15.9 Å². The molecule has 0 amide bonds. The maximum Gasteiger partial charge on any atom is 0.0953 e. The molecule has 1 aromatic rings. The summed E-state index contributed by atoms with van der Waals surface area (Å²) in [6.45, 7) is 2.15. The predicted octanol–water partition coefficient (Wildman–Crippen LogP) is 3.69. The van der Waals surface area contributed by atoms with E-state index in [1.165, 1.54) is 12.0 Å². The highest BCUT2D eigenvalue weighted by molar-refractivity contribution is 9.09. The van der Waals surface area contributed by atoms with Gasteiger partial charge < -0.3 is 4.74 Å². The van der Waals surface area contributed by atoms with Crippen LogP contribution >= 0.6 is 15.9 Å². The summed E-state index contributed by atoms with van der Waals surface area (Å²) in [5, 5.41) is 0. The summed E-state index contributed by atoms with van der Waals surface area (Å²) in [4.78, 5) is 0.459. The van der Waals surface area contributed by atoms with Crippen molar-refractivity contribution in [3.8, 4) is 0 Å². The lowest BCUT2D eigenvalue weighted by Crippen LogP contribution is -2.27. The molecule has 1 heterocycles. The van der Waals surface area contributed by atoms with Crippen LogP contribution in [-0.4, -0.2) is 10.9 Å². The fourth-order valence-electron chi connectivity index (χ4n) is 1.88. The summed E-state index contributed by atoms with van der Waals surface area (Å²) in [6, 6.07) is 10.4. The van der Waals surface area contributed by atoms with E-state index < -0.39 is 0 Å². The average Bonchev–Trinajstić information content (AvgIpc) is 2.23. The van der Waals surface area contributed by atoms with Gasteiger partial charge in [-0.1, -0.05) is 46.3 Å². The van der Waals surface area contributed by atoms with Gasteiger partial charge in [-0.05, 0) is 25.3 Å². The molecule has 2 rings (SSSR count). The highest BCUT2D eigenvalue weighted by Gasteiger charge is 2.28. The molecule has 0 spiro atoms. The standard InChI is InChI=1S/C12H15BrO/c1-9-7-8-11(13)12(14-9)10-5-3-2-4-6-10/h2-6,9,11-12H,7-8H2,1H3/t9-,11-,12+/m0/s1. The third-order valence-electron chi connectivity index (χ3n) is 2.68. The van der Waals surface area contributed by atoms with Crippen molar-refractivity contribution < 1.29 is 4.74 Å². The zero-order valence-electron chi connectivity index (χ0n) is 8.32. The van der Waals surface area contributed by atoms with Crippen molar-refractivity contribution in [3.05, 3.63) is 35.9 Å². The predicted molar refractivity (Wildman–Crippen MR) is 61.7 cm³/mol. The number of rotatable bonds is 1. The SMILES string of the molecule is C[C@H]1CC[C@H](Br)[C@@H](c2ccccc2)O1. The number of hydrogen-bond donors (Lipinski definition) is 0. The van der Waals surface area contributed by atoms with Crippen molar-refractivity contribution in [1.29, 1.82) is 0 Å². The Bertz CT molecular complexity index is 286. The number of ether oxygens (including phenoxy) is 1. The van der Waals surface area contributed by atoms with Crippen molar-refractivity contribution in [2.75, 3.05) is 0 Å². The van der Waals surface area contributed by atoms with E-state index in [-0.39, 0.29) is 6.10 Å². The number of halogens is 1. The second-order valence-electron chi connectivity index (χ2n) is 3.87. The molecule has 0 aromatic heterocycles. The summed E-state index contributed by atoms with van der Waals surface area (Å²) in [5.74, 6) is 0. The first-order chi connectivity index (χ1) is 6.77. The Morgan fingerprint density at radius 2 is 1.93 bits per heavy atom. The molecule has 1 saturated heterocycles. The quantitative estimate of drug-likeness (QED) is 0.695. The molecule has 1 aliphatic heterocycles. The van der Waals surface area contributed by atoms with Crippen LogP contribution in [-0.2, 0) is 4.74 Å². The van der Waals surface area contributed by atoms with E-state index >= 15 is 0 Å². The van der Waals surface area contributed by atoms with Crippen molar-refractivity contribution in [3.63, 3.8) is 0 Å². The minimum Gasteiger partial charge on any atom is -0.369 e.